The second-order valence-corrected chi connectivity index (χ2v) is 6.29. The minimum Gasteiger partial charge on any atom is -0.464 e. The van der Waals surface area contributed by atoms with Gasteiger partial charge in [0.05, 0.1) is 16.5 Å². The topological polar surface area (TPSA) is 65.4 Å². The highest BCUT2D eigenvalue weighted by atomic mass is 79.9. The molecule has 0 aliphatic carbocycles. The fourth-order valence-corrected chi connectivity index (χ4v) is 3.53. The molecule has 0 atom stereocenters. The van der Waals surface area contributed by atoms with E-state index in [1.807, 2.05) is 0 Å². The molecular weight excluding hydrogens is 334 g/mol. The summed E-state index contributed by atoms with van der Waals surface area (Å²) < 4.78 is 30.7. The first-order valence-corrected chi connectivity index (χ1v) is 7.47. The van der Waals surface area contributed by atoms with Gasteiger partial charge in [0.15, 0.2) is 5.69 Å². The summed E-state index contributed by atoms with van der Waals surface area (Å²) in [5.41, 5.74) is -0.0636. The number of nitrogens with zero attached hydrogens (tertiary/aromatic N) is 1. The normalized spacial score (nSPS) is 11.3. The highest BCUT2D eigenvalue weighted by Crippen LogP contribution is 2.24. The Morgan fingerprint density at radius 3 is 2.42 bits per heavy atom. The van der Waals surface area contributed by atoms with E-state index < -0.39 is 16.0 Å². The monoisotopic (exact) mass is 343 g/mol. The van der Waals surface area contributed by atoms with Crippen molar-refractivity contribution in [3.63, 3.8) is 0 Å². The first kappa shape index (κ1) is 13.8. The number of carbonyl (C=O) groups is 1. The molecule has 2 aromatic rings. The van der Waals surface area contributed by atoms with Crippen molar-refractivity contribution in [2.75, 3.05) is 7.11 Å². The number of halogens is 1. The molecule has 19 heavy (non-hydrogen) atoms. The molecule has 100 valence electrons. The molecular formula is C12H10BrNO4S. The summed E-state index contributed by atoms with van der Waals surface area (Å²) >= 11 is 3.14. The molecule has 0 N–H and O–H groups in total. The van der Waals surface area contributed by atoms with Gasteiger partial charge in [-0.05, 0) is 34.1 Å². The van der Waals surface area contributed by atoms with Crippen LogP contribution in [0.5, 0.6) is 0 Å². The molecule has 0 aliphatic heterocycles. The Labute approximate surface area is 119 Å². The zero-order chi connectivity index (χ0) is 14.0. The van der Waals surface area contributed by atoms with E-state index in [9.17, 15) is 13.2 Å². The lowest BCUT2D eigenvalue weighted by atomic mass is 10.4. The summed E-state index contributed by atoms with van der Waals surface area (Å²) in [6.07, 6.45) is 1.30. The quantitative estimate of drug-likeness (QED) is 0.802. The van der Waals surface area contributed by atoms with E-state index in [-0.39, 0.29) is 10.6 Å². The Hall–Kier alpha value is -1.60. The van der Waals surface area contributed by atoms with Crippen molar-refractivity contribution in [3.8, 4) is 0 Å². The van der Waals surface area contributed by atoms with E-state index in [1.54, 1.807) is 18.2 Å². The summed E-state index contributed by atoms with van der Waals surface area (Å²) in [4.78, 5) is 11.8. The first-order chi connectivity index (χ1) is 8.98. The minimum atomic E-state index is -3.82. The molecule has 2 rings (SSSR count). The molecule has 0 bridgehead atoms. The lowest BCUT2D eigenvalue weighted by molar-refractivity contribution is 0.0591. The summed E-state index contributed by atoms with van der Waals surface area (Å²) in [6.45, 7) is 0. The number of hydrogen-bond acceptors (Lipinski definition) is 4. The maximum absolute atomic E-state index is 12.4. The van der Waals surface area contributed by atoms with Crippen molar-refractivity contribution in [2.24, 2.45) is 0 Å². The molecule has 1 aromatic heterocycles. The van der Waals surface area contributed by atoms with E-state index in [0.29, 0.717) is 4.47 Å². The summed E-state index contributed by atoms with van der Waals surface area (Å²) in [6, 6.07) is 9.35. The van der Waals surface area contributed by atoms with Gasteiger partial charge in [-0.3, -0.25) is 0 Å². The van der Waals surface area contributed by atoms with Crippen LogP contribution >= 0.6 is 15.9 Å². The van der Waals surface area contributed by atoms with Gasteiger partial charge >= 0.3 is 5.97 Å². The van der Waals surface area contributed by atoms with Crippen LogP contribution < -0.4 is 0 Å². The number of aromatic nitrogens is 1. The number of hydrogen-bond donors (Lipinski definition) is 0. The smallest absolute Gasteiger partial charge is 0.356 e. The maximum atomic E-state index is 12.4. The zero-order valence-electron chi connectivity index (χ0n) is 9.91. The van der Waals surface area contributed by atoms with Gasteiger partial charge < -0.3 is 4.74 Å². The van der Waals surface area contributed by atoms with Crippen LogP contribution in [0.15, 0.2) is 52.0 Å². The summed E-state index contributed by atoms with van der Waals surface area (Å²) in [5, 5.41) is 0. The Kier molecular flexibility index (Phi) is 3.77. The largest absolute Gasteiger partial charge is 0.464 e. The number of carbonyl (C=O) groups excluding carboxylic acids is 1. The average molecular weight is 344 g/mol. The third-order valence-corrected chi connectivity index (χ3v) is 4.81. The molecule has 1 heterocycles. The van der Waals surface area contributed by atoms with Crippen molar-refractivity contribution in [1.82, 2.24) is 3.97 Å². The van der Waals surface area contributed by atoms with E-state index in [4.69, 9.17) is 0 Å². The third-order valence-electron chi connectivity index (χ3n) is 2.48. The molecule has 0 saturated heterocycles. The fraction of sp³-hybridized carbons (Fsp3) is 0.0833. The molecule has 0 unspecified atom stereocenters. The van der Waals surface area contributed by atoms with Crippen molar-refractivity contribution in [3.05, 3.63) is 52.8 Å². The lowest BCUT2D eigenvalue weighted by Crippen LogP contribution is -2.18. The number of rotatable bonds is 3. The van der Waals surface area contributed by atoms with E-state index in [1.165, 1.54) is 31.5 Å². The zero-order valence-corrected chi connectivity index (χ0v) is 12.3. The number of ether oxygens (including phenoxy) is 1. The minimum absolute atomic E-state index is 0.0636. The lowest BCUT2D eigenvalue weighted by Gasteiger charge is -2.09. The van der Waals surface area contributed by atoms with Gasteiger partial charge in [-0.2, -0.15) is 0 Å². The van der Waals surface area contributed by atoms with Gasteiger partial charge in [0.25, 0.3) is 10.0 Å². The van der Waals surface area contributed by atoms with Crippen LogP contribution in [0.3, 0.4) is 0 Å². The van der Waals surface area contributed by atoms with Crippen LogP contribution in [0.4, 0.5) is 0 Å². The molecule has 1 aromatic carbocycles. The molecule has 0 aliphatic rings. The molecule has 5 nitrogen and oxygen atoms in total. The average Bonchev–Trinajstić information content (AvgIpc) is 2.81. The number of benzene rings is 1. The summed E-state index contributed by atoms with van der Waals surface area (Å²) in [5.74, 6) is -0.726. The fourth-order valence-electron chi connectivity index (χ4n) is 1.58. The van der Waals surface area contributed by atoms with Crippen LogP contribution in [0.25, 0.3) is 0 Å². The Bertz CT molecular complexity index is 707. The molecule has 0 amide bonds. The van der Waals surface area contributed by atoms with Gasteiger partial charge in [0, 0.05) is 6.20 Å². The second-order valence-electron chi connectivity index (χ2n) is 3.62. The standard InChI is InChI=1S/C12H10BrNO4S/c1-18-12(15)11-10(13)7-8-14(11)19(16,17)9-5-3-2-4-6-9/h2-8H,1H3. The Morgan fingerprint density at radius 1 is 1.21 bits per heavy atom. The van der Waals surface area contributed by atoms with Crippen LogP contribution in [0.2, 0.25) is 0 Å². The Morgan fingerprint density at radius 2 is 1.84 bits per heavy atom. The highest BCUT2D eigenvalue weighted by molar-refractivity contribution is 9.10. The number of esters is 1. The predicted octanol–water partition coefficient (Wildman–Crippen LogP) is 2.27. The number of methoxy groups -OCH3 is 1. The van der Waals surface area contributed by atoms with Crippen LogP contribution in [0.1, 0.15) is 10.5 Å². The van der Waals surface area contributed by atoms with Gasteiger partial charge in [-0.1, -0.05) is 18.2 Å². The van der Waals surface area contributed by atoms with Crippen LogP contribution in [-0.2, 0) is 14.8 Å². The van der Waals surface area contributed by atoms with E-state index in [0.717, 1.165) is 3.97 Å². The Balaban J connectivity index is 2.63. The van der Waals surface area contributed by atoms with Crippen LogP contribution in [-0.4, -0.2) is 25.5 Å². The van der Waals surface area contributed by atoms with Crippen molar-refractivity contribution in [1.29, 1.82) is 0 Å². The van der Waals surface area contributed by atoms with Gasteiger partial charge in [0.2, 0.25) is 0 Å². The predicted molar refractivity (Wildman–Crippen MR) is 72.5 cm³/mol. The summed E-state index contributed by atoms with van der Waals surface area (Å²) in [7, 11) is -2.62. The third kappa shape index (κ3) is 2.43. The molecule has 7 heteroatoms. The molecule has 0 radical (unpaired) electrons. The maximum Gasteiger partial charge on any atom is 0.356 e. The first-order valence-electron chi connectivity index (χ1n) is 5.24. The van der Waals surface area contributed by atoms with Gasteiger partial charge in [-0.25, -0.2) is 17.2 Å². The van der Waals surface area contributed by atoms with Crippen molar-refractivity contribution < 1.29 is 17.9 Å². The van der Waals surface area contributed by atoms with Crippen molar-refractivity contribution in [2.45, 2.75) is 4.90 Å². The second kappa shape index (κ2) is 5.18. The van der Waals surface area contributed by atoms with Crippen molar-refractivity contribution >= 4 is 31.9 Å². The van der Waals surface area contributed by atoms with E-state index >= 15 is 0 Å². The van der Waals surface area contributed by atoms with Gasteiger partial charge in [-0.15, -0.1) is 0 Å². The molecule has 0 fully saturated rings. The highest BCUT2D eigenvalue weighted by Gasteiger charge is 2.25. The van der Waals surface area contributed by atoms with Gasteiger partial charge in [0.1, 0.15) is 0 Å². The van der Waals surface area contributed by atoms with E-state index in [2.05, 4.69) is 20.7 Å². The SMILES string of the molecule is COC(=O)c1c(Br)ccn1S(=O)(=O)c1ccccc1. The van der Waals surface area contributed by atoms with Crippen LogP contribution in [0, 0.1) is 0 Å². The molecule has 0 saturated carbocycles. The molecule has 0 spiro atoms.